The van der Waals surface area contributed by atoms with E-state index in [-0.39, 0.29) is 6.04 Å². The van der Waals surface area contributed by atoms with Crippen molar-refractivity contribution < 1.29 is 0 Å². The highest BCUT2D eigenvalue weighted by molar-refractivity contribution is 7.16. The lowest BCUT2D eigenvalue weighted by molar-refractivity contribution is 0.558. The summed E-state index contributed by atoms with van der Waals surface area (Å²) in [5, 5.41) is 4.17. The second-order valence-electron chi connectivity index (χ2n) is 3.92. The SMILES string of the molecule is CCNC(Cc1ccncc1Cl)c1ccc(Cl)s1. The number of thiophene rings is 1. The molecule has 2 aromatic heterocycles. The van der Waals surface area contributed by atoms with Crippen molar-refractivity contribution >= 4 is 34.5 Å². The van der Waals surface area contributed by atoms with Crippen molar-refractivity contribution in [2.45, 2.75) is 19.4 Å². The van der Waals surface area contributed by atoms with Gasteiger partial charge in [-0.15, -0.1) is 11.3 Å². The Labute approximate surface area is 121 Å². The summed E-state index contributed by atoms with van der Waals surface area (Å²) in [7, 11) is 0. The number of nitrogens with one attached hydrogen (secondary N) is 1. The summed E-state index contributed by atoms with van der Waals surface area (Å²) >= 11 is 13.7. The molecule has 18 heavy (non-hydrogen) atoms. The van der Waals surface area contributed by atoms with E-state index >= 15 is 0 Å². The molecule has 2 aromatic rings. The first-order chi connectivity index (χ1) is 8.70. The van der Waals surface area contributed by atoms with Crippen molar-refractivity contribution in [1.29, 1.82) is 0 Å². The first kappa shape index (κ1) is 13.8. The third-order valence-corrected chi connectivity index (χ3v) is 4.35. The topological polar surface area (TPSA) is 24.9 Å². The lowest BCUT2D eigenvalue weighted by Gasteiger charge is -2.17. The normalized spacial score (nSPS) is 12.6. The van der Waals surface area contributed by atoms with Crippen LogP contribution in [-0.2, 0) is 6.42 Å². The Hall–Kier alpha value is -0.610. The summed E-state index contributed by atoms with van der Waals surface area (Å²) in [4.78, 5) is 5.24. The number of hydrogen-bond donors (Lipinski definition) is 1. The molecule has 0 fully saturated rings. The summed E-state index contributed by atoms with van der Waals surface area (Å²) in [6.07, 6.45) is 4.29. The zero-order valence-corrected chi connectivity index (χ0v) is 12.3. The molecule has 1 N–H and O–H groups in total. The molecule has 2 rings (SSSR count). The fourth-order valence-corrected chi connectivity index (χ4v) is 3.16. The number of rotatable bonds is 5. The van der Waals surface area contributed by atoms with Gasteiger partial charge in [0.1, 0.15) is 0 Å². The molecule has 0 bridgehead atoms. The van der Waals surface area contributed by atoms with Crippen LogP contribution < -0.4 is 5.32 Å². The van der Waals surface area contributed by atoms with E-state index in [0.29, 0.717) is 5.02 Å². The maximum atomic E-state index is 6.15. The molecule has 0 radical (unpaired) electrons. The number of nitrogens with zero attached hydrogens (tertiary/aromatic N) is 1. The summed E-state index contributed by atoms with van der Waals surface area (Å²) in [6.45, 7) is 3.00. The predicted molar refractivity (Wildman–Crippen MR) is 78.7 cm³/mol. The summed E-state index contributed by atoms with van der Waals surface area (Å²) in [6, 6.07) is 6.20. The smallest absolute Gasteiger partial charge is 0.0931 e. The second-order valence-corrected chi connectivity index (χ2v) is 6.08. The van der Waals surface area contributed by atoms with Crippen LogP contribution >= 0.6 is 34.5 Å². The van der Waals surface area contributed by atoms with Crippen molar-refractivity contribution in [3.8, 4) is 0 Å². The monoisotopic (exact) mass is 300 g/mol. The molecule has 96 valence electrons. The Morgan fingerprint density at radius 2 is 2.17 bits per heavy atom. The Kier molecular flexibility index (Phi) is 5.01. The highest BCUT2D eigenvalue weighted by Crippen LogP contribution is 2.30. The molecule has 1 unspecified atom stereocenters. The molecule has 2 heterocycles. The van der Waals surface area contributed by atoms with Crippen molar-refractivity contribution in [3.05, 3.63) is 50.4 Å². The van der Waals surface area contributed by atoms with Crippen molar-refractivity contribution in [2.24, 2.45) is 0 Å². The summed E-state index contributed by atoms with van der Waals surface area (Å²) in [5.41, 5.74) is 1.10. The minimum Gasteiger partial charge on any atom is -0.309 e. The Balaban J connectivity index is 2.19. The van der Waals surface area contributed by atoms with Gasteiger partial charge in [0, 0.05) is 23.3 Å². The Morgan fingerprint density at radius 1 is 1.33 bits per heavy atom. The van der Waals surface area contributed by atoms with E-state index < -0.39 is 0 Å². The van der Waals surface area contributed by atoms with Gasteiger partial charge < -0.3 is 5.32 Å². The van der Waals surface area contributed by atoms with E-state index in [1.807, 2.05) is 12.1 Å². The van der Waals surface area contributed by atoms with Crippen molar-refractivity contribution in [2.75, 3.05) is 6.54 Å². The van der Waals surface area contributed by atoms with Crippen molar-refractivity contribution in [3.63, 3.8) is 0 Å². The highest BCUT2D eigenvalue weighted by Gasteiger charge is 2.14. The van der Waals surface area contributed by atoms with Crippen LogP contribution in [0.3, 0.4) is 0 Å². The fourth-order valence-electron chi connectivity index (χ4n) is 1.82. The molecule has 1 atom stereocenters. The molecule has 5 heteroatoms. The van der Waals surface area contributed by atoms with E-state index in [9.17, 15) is 0 Å². The molecule has 0 amide bonds. The zero-order chi connectivity index (χ0) is 13.0. The van der Waals surface area contributed by atoms with Crippen LogP contribution in [0.1, 0.15) is 23.4 Å². The highest BCUT2D eigenvalue weighted by atomic mass is 35.5. The maximum absolute atomic E-state index is 6.15. The summed E-state index contributed by atoms with van der Waals surface area (Å²) in [5.74, 6) is 0. The van der Waals surface area contributed by atoms with Gasteiger partial charge in [-0.05, 0) is 36.7 Å². The van der Waals surface area contributed by atoms with Gasteiger partial charge in [-0.1, -0.05) is 30.1 Å². The van der Waals surface area contributed by atoms with E-state index in [0.717, 1.165) is 22.9 Å². The average molecular weight is 301 g/mol. The van der Waals surface area contributed by atoms with Crippen LogP contribution in [0.4, 0.5) is 0 Å². The van der Waals surface area contributed by atoms with Gasteiger partial charge >= 0.3 is 0 Å². The average Bonchev–Trinajstić information content (AvgIpc) is 2.78. The van der Waals surface area contributed by atoms with Crippen LogP contribution in [0.15, 0.2) is 30.6 Å². The minimum atomic E-state index is 0.243. The first-order valence-corrected chi connectivity index (χ1v) is 7.35. The molecule has 0 spiro atoms. The molecule has 0 aliphatic carbocycles. The molecular formula is C13H14Cl2N2S. The van der Waals surface area contributed by atoms with E-state index in [2.05, 4.69) is 23.3 Å². The summed E-state index contributed by atoms with van der Waals surface area (Å²) < 4.78 is 0.814. The van der Waals surface area contributed by atoms with Gasteiger partial charge in [0.15, 0.2) is 0 Å². The van der Waals surface area contributed by atoms with Crippen molar-refractivity contribution in [1.82, 2.24) is 10.3 Å². The van der Waals surface area contributed by atoms with Crippen LogP contribution in [0.5, 0.6) is 0 Å². The van der Waals surface area contributed by atoms with Crippen LogP contribution in [0.2, 0.25) is 9.36 Å². The predicted octanol–water partition coefficient (Wildman–Crippen LogP) is 4.34. The fraction of sp³-hybridized carbons (Fsp3) is 0.308. The van der Waals surface area contributed by atoms with Crippen LogP contribution in [-0.4, -0.2) is 11.5 Å². The molecular weight excluding hydrogens is 287 g/mol. The third-order valence-electron chi connectivity index (χ3n) is 2.67. The quantitative estimate of drug-likeness (QED) is 0.888. The van der Waals surface area contributed by atoms with Gasteiger partial charge in [0.2, 0.25) is 0 Å². The standard InChI is InChI=1S/C13H14Cl2N2S/c1-2-17-11(12-3-4-13(15)18-12)7-9-5-6-16-8-10(9)14/h3-6,8,11,17H,2,7H2,1H3. The molecule has 0 aliphatic rings. The second kappa shape index (κ2) is 6.53. The molecule has 0 saturated heterocycles. The Bertz CT molecular complexity index is 513. The van der Waals surface area contributed by atoms with Gasteiger partial charge in [0.05, 0.1) is 9.36 Å². The van der Waals surface area contributed by atoms with Gasteiger partial charge in [-0.25, -0.2) is 0 Å². The number of likely N-dealkylation sites (N-methyl/N-ethyl adjacent to an activating group) is 1. The number of hydrogen-bond acceptors (Lipinski definition) is 3. The lowest BCUT2D eigenvalue weighted by atomic mass is 10.1. The molecule has 2 nitrogen and oxygen atoms in total. The lowest BCUT2D eigenvalue weighted by Crippen LogP contribution is -2.22. The number of aromatic nitrogens is 1. The van der Waals surface area contributed by atoms with E-state index in [4.69, 9.17) is 23.2 Å². The van der Waals surface area contributed by atoms with E-state index in [1.165, 1.54) is 4.88 Å². The molecule has 0 aliphatic heterocycles. The van der Waals surface area contributed by atoms with Gasteiger partial charge in [0.25, 0.3) is 0 Å². The number of pyridine rings is 1. The Morgan fingerprint density at radius 3 is 2.78 bits per heavy atom. The zero-order valence-electron chi connectivity index (χ0n) is 9.99. The number of halogens is 2. The van der Waals surface area contributed by atoms with Crippen LogP contribution in [0.25, 0.3) is 0 Å². The molecule has 0 saturated carbocycles. The van der Waals surface area contributed by atoms with Gasteiger partial charge in [-0.3, -0.25) is 4.98 Å². The minimum absolute atomic E-state index is 0.243. The third kappa shape index (κ3) is 3.45. The van der Waals surface area contributed by atoms with Gasteiger partial charge in [-0.2, -0.15) is 0 Å². The first-order valence-electron chi connectivity index (χ1n) is 5.77. The maximum Gasteiger partial charge on any atom is 0.0931 e. The van der Waals surface area contributed by atoms with E-state index in [1.54, 1.807) is 23.7 Å². The van der Waals surface area contributed by atoms with Crippen LogP contribution in [0, 0.1) is 0 Å². The largest absolute Gasteiger partial charge is 0.309 e. The molecule has 0 aromatic carbocycles.